The van der Waals surface area contributed by atoms with Crippen molar-refractivity contribution < 1.29 is 18.6 Å². The fraction of sp³-hybridized carbons (Fsp3) is 0.400. The second-order valence-electron chi connectivity index (χ2n) is 6.62. The fourth-order valence-corrected chi connectivity index (χ4v) is 5.04. The molecule has 1 aliphatic rings. The Balaban J connectivity index is 1.86. The van der Waals surface area contributed by atoms with Crippen LogP contribution < -0.4 is 4.74 Å². The monoisotopic (exact) mass is 362 g/mol. The van der Waals surface area contributed by atoms with Crippen molar-refractivity contribution in [3.63, 3.8) is 0 Å². The molecular formula is C20H20F2O2S. The molecule has 0 bridgehead atoms. The molecule has 1 saturated carbocycles. The Kier molecular flexibility index (Phi) is 4.38. The van der Waals surface area contributed by atoms with E-state index in [0.29, 0.717) is 32.3 Å². The molecule has 0 aliphatic heterocycles. The first-order valence-corrected chi connectivity index (χ1v) is 9.57. The first kappa shape index (κ1) is 16.7. The summed E-state index contributed by atoms with van der Waals surface area (Å²) in [6, 6.07) is 6.81. The molecule has 1 aliphatic carbocycles. The first-order valence-electron chi connectivity index (χ1n) is 8.75. The van der Waals surface area contributed by atoms with Crippen LogP contribution >= 0.6 is 11.3 Å². The summed E-state index contributed by atoms with van der Waals surface area (Å²) in [5, 5.41) is 11.9. The number of thiophene rings is 1. The highest BCUT2D eigenvalue weighted by Gasteiger charge is 2.28. The topological polar surface area (TPSA) is 29.5 Å². The molecule has 0 amide bonds. The number of fused-ring (bicyclic) bond motifs is 3. The van der Waals surface area contributed by atoms with Gasteiger partial charge in [-0.25, -0.2) is 8.78 Å². The van der Waals surface area contributed by atoms with Gasteiger partial charge in [-0.15, -0.1) is 11.3 Å². The second kappa shape index (κ2) is 6.54. The van der Waals surface area contributed by atoms with E-state index < -0.39 is 17.7 Å². The van der Waals surface area contributed by atoms with Gasteiger partial charge in [0.25, 0.3) is 0 Å². The molecule has 1 N–H and O–H groups in total. The van der Waals surface area contributed by atoms with Crippen LogP contribution in [0.15, 0.2) is 24.3 Å². The van der Waals surface area contributed by atoms with Gasteiger partial charge in [-0.05, 0) is 37.8 Å². The van der Waals surface area contributed by atoms with Crippen LogP contribution in [0.1, 0.15) is 44.3 Å². The van der Waals surface area contributed by atoms with Crippen molar-refractivity contribution in [2.24, 2.45) is 5.92 Å². The molecule has 0 spiro atoms. The molecule has 1 heterocycles. The second-order valence-corrected chi connectivity index (χ2v) is 7.64. The summed E-state index contributed by atoms with van der Waals surface area (Å²) in [4.78, 5) is 0. The van der Waals surface area contributed by atoms with Crippen molar-refractivity contribution in [2.45, 2.75) is 38.7 Å². The average molecular weight is 362 g/mol. The predicted octanol–water partition coefficient (Wildman–Crippen LogP) is 5.96. The van der Waals surface area contributed by atoms with E-state index in [1.54, 1.807) is 31.2 Å². The Bertz CT molecular complexity index is 928. The van der Waals surface area contributed by atoms with E-state index in [1.807, 2.05) is 0 Å². The van der Waals surface area contributed by atoms with E-state index in [0.717, 1.165) is 37.0 Å². The lowest BCUT2D eigenvalue weighted by atomic mass is 9.93. The molecule has 2 nitrogen and oxygen atoms in total. The van der Waals surface area contributed by atoms with E-state index >= 15 is 4.39 Å². The van der Waals surface area contributed by atoms with Crippen molar-refractivity contribution in [3.05, 3.63) is 41.5 Å². The van der Waals surface area contributed by atoms with Gasteiger partial charge in [0.05, 0.1) is 22.1 Å². The molecule has 25 heavy (non-hydrogen) atoms. The minimum atomic E-state index is -0.791. The van der Waals surface area contributed by atoms with Crippen LogP contribution in [-0.4, -0.2) is 11.7 Å². The Morgan fingerprint density at radius 3 is 2.40 bits per heavy atom. The quantitative estimate of drug-likeness (QED) is 0.621. The average Bonchev–Trinajstić information content (AvgIpc) is 3.26. The third-order valence-corrected chi connectivity index (χ3v) is 6.35. The third kappa shape index (κ3) is 2.70. The number of ether oxygens (including phenoxy) is 1. The molecule has 132 valence electrons. The zero-order chi connectivity index (χ0) is 17.6. The highest BCUT2D eigenvalue weighted by Crippen LogP contribution is 2.43. The predicted molar refractivity (Wildman–Crippen MR) is 97.3 cm³/mol. The molecule has 5 heteroatoms. The molecular weight excluding hydrogens is 342 g/mol. The summed E-state index contributed by atoms with van der Waals surface area (Å²) in [5.74, 6) is -0.566. The molecule has 2 aromatic carbocycles. The lowest BCUT2D eigenvalue weighted by molar-refractivity contribution is 0.108. The van der Waals surface area contributed by atoms with Gasteiger partial charge in [-0.2, -0.15) is 0 Å². The smallest absolute Gasteiger partial charge is 0.182 e. The Labute approximate surface area is 149 Å². The third-order valence-electron chi connectivity index (χ3n) is 5.15. The summed E-state index contributed by atoms with van der Waals surface area (Å²) in [6.45, 7) is 2.17. The molecule has 1 fully saturated rings. The zero-order valence-corrected chi connectivity index (χ0v) is 14.8. The van der Waals surface area contributed by atoms with Crippen molar-refractivity contribution >= 4 is 31.5 Å². The van der Waals surface area contributed by atoms with Crippen LogP contribution in [0.3, 0.4) is 0 Å². The van der Waals surface area contributed by atoms with Gasteiger partial charge < -0.3 is 9.84 Å². The lowest BCUT2D eigenvalue weighted by Crippen LogP contribution is -2.10. The first-order chi connectivity index (χ1) is 12.1. The van der Waals surface area contributed by atoms with Crippen LogP contribution in [0.25, 0.3) is 20.2 Å². The summed E-state index contributed by atoms with van der Waals surface area (Å²) in [7, 11) is 0. The van der Waals surface area contributed by atoms with Crippen LogP contribution in [0.4, 0.5) is 8.78 Å². The molecule has 3 aromatic rings. The van der Waals surface area contributed by atoms with Gasteiger partial charge in [0.2, 0.25) is 0 Å². The van der Waals surface area contributed by atoms with Gasteiger partial charge in [0, 0.05) is 16.3 Å². The Morgan fingerprint density at radius 2 is 1.72 bits per heavy atom. The van der Waals surface area contributed by atoms with Gasteiger partial charge in [-0.3, -0.25) is 0 Å². The molecule has 1 unspecified atom stereocenters. The number of halogens is 2. The van der Waals surface area contributed by atoms with Crippen LogP contribution in [0.2, 0.25) is 0 Å². The largest absolute Gasteiger partial charge is 0.491 e. The van der Waals surface area contributed by atoms with E-state index in [2.05, 4.69) is 0 Å². The standard InChI is InChI=1S/C20H20F2O2S/c1-2-24-15-10-9-13-12-7-8-14(18(23)11-5-3-4-6-11)16(21)19(12)25-20(13)17(15)22/h7-11,18,23H,2-6H2,1H3. The molecule has 1 aromatic heterocycles. The van der Waals surface area contributed by atoms with Crippen molar-refractivity contribution in [2.75, 3.05) is 6.61 Å². The number of aliphatic hydroxyl groups excluding tert-OH is 1. The number of rotatable bonds is 4. The van der Waals surface area contributed by atoms with Gasteiger partial charge in [0.1, 0.15) is 5.82 Å². The molecule has 1 atom stereocenters. The lowest BCUT2D eigenvalue weighted by Gasteiger charge is -2.18. The Hall–Kier alpha value is -1.72. The summed E-state index contributed by atoms with van der Waals surface area (Å²) < 4.78 is 35.8. The van der Waals surface area contributed by atoms with Gasteiger partial charge >= 0.3 is 0 Å². The maximum absolute atomic E-state index is 15.1. The summed E-state index contributed by atoms with van der Waals surface area (Å²) >= 11 is 1.09. The van der Waals surface area contributed by atoms with E-state index in [1.165, 1.54) is 0 Å². The maximum Gasteiger partial charge on any atom is 0.182 e. The van der Waals surface area contributed by atoms with E-state index in [9.17, 15) is 9.50 Å². The number of hydrogen-bond acceptors (Lipinski definition) is 3. The highest BCUT2D eigenvalue weighted by molar-refractivity contribution is 7.25. The minimum absolute atomic E-state index is 0.114. The molecule has 4 rings (SSSR count). The van der Waals surface area contributed by atoms with Crippen molar-refractivity contribution in [3.8, 4) is 5.75 Å². The number of hydrogen-bond donors (Lipinski definition) is 1. The van der Waals surface area contributed by atoms with Crippen molar-refractivity contribution in [1.82, 2.24) is 0 Å². The molecule has 0 saturated heterocycles. The van der Waals surface area contributed by atoms with Crippen LogP contribution in [0, 0.1) is 17.6 Å². The minimum Gasteiger partial charge on any atom is -0.491 e. The van der Waals surface area contributed by atoms with Crippen molar-refractivity contribution in [1.29, 1.82) is 0 Å². The molecule has 0 radical (unpaired) electrons. The van der Waals surface area contributed by atoms with Crippen LogP contribution in [-0.2, 0) is 0 Å². The number of benzene rings is 2. The number of aliphatic hydroxyl groups is 1. The van der Waals surface area contributed by atoms with E-state index in [-0.39, 0.29) is 11.7 Å². The SMILES string of the molecule is CCOc1ccc2c(sc3c(F)c(C(O)C4CCCC4)ccc32)c1F. The van der Waals surface area contributed by atoms with E-state index in [4.69, 9.17) is 4.74 Å². The van der Waals surface area contributed by atoms with Gasteiger partial charge in [-0.1, -0.05) is 25.0 Å². The van der Waals surface area contributed by atoms with Gasteiger partial charge in [0.15, 0.2) is 11.6 Å². The zero-order valence-electron chi connectivity index (χ0n) is 14.0. The fourth-order valence-electron chi connectivity index (χ4n) is 3.86. The maximum atomic E-state index is 15.1. The Morgan fingerprint density at radius 1 is 1.08 bits per heavy atom. The highest BCUT2D eigenvalue weighted by atomic mass is 32.1. The normalized spacial score (nSPS) is 16.8. The van der Waals surface area contributed by atoms with Crippen LogP contribution in [0.5, 0.6) is 5.75 Å². The summed E-state index contributed by atoms with van der Waals surface area (Å²) in [6.07, 6.45) is 3.23. The summed E-state index contributed by atoms with van der Waals surface area (Å²) in [5.41, 5.74) is 0.330.